The van der Waals surface area contributed by atoms with E-state index in [1.54, 1.807) is 17.0 Å². The van der Waals surface area contributed by atoms with Gasteiger partial charge in [0.25, 0.3) is 0 Å². The van der Waals surface area contributed by atoms with Gasteiger partial charge in [0.2, 0.25) is 5.91 Å². The second kappa shape index (κ2) is 11.4. The maximum Gasteiger partial charge on any atom is 0.416 e. The van der Waals surface area contributed by atoms with Gasteiger partial charge in [-0.2, -0.15) is 26.3 Å². The molecule has 6 nitrogen and oxygen atoms in total. The van der Waals surface area contributed by atoms with Crippen molar-refractivity contribution in [1.29, 1.82) is 0 Å². The summed E-state index contributed by atoms with van der Waals surface area (Å²) < 4.78 is 96.0. The van der Waals surface area contributed by atoms with E-state index in [0.717, 1.165) is 4.90 Å². The highest BCUT2D eigenvalue weighted by Crippen LogP contribution is 2.42. The fourth-order valence-corrected chi connectivity index (χ4v) is 5.29. The Hall–Kier alpha value is -3.71. The predicted octanol–water partition coefficient (Wildman–Crippen LogP) is 6.11. The summed E-state index contributed by atoms with van der Waals surface area (Å²) in [6.07, 6.45) is -9.37. The summed E-state index contributed by atoms with van der Waals surface area (Å²) in [5.74, 6) is -1.09. The van der Waals surface area contributed by atoms with Crippen LogP contribution in [-0.4, -0.2) is 53.4 Å². The van der Waals surface area contributed by atoms with Gasteiger partial charge in [-0.05, 0) is 74.2 Å². The second-order valence-electron chi connectivity index (χ2n) is 11.1. The summed E-state index contributed by atoms with van der Waals surface area (Å²) in [4.78, 5) is 21.0. The summed E-state index contributed by atoms with van der Waals surface area (Å²) in [7, 11) is 1.30. The molecule has 2 atom stereocenters. The van der Waals surface area contributed by atoms with Crippen LogP contribution in [0.3, 0.4) is 0 Å². The number of aromatic nitrogens is 1. The van der Waals surface area contributed by atoms with Crippen LogP contribution in [0, 0.1) is 12.7 Å². The monoisotopic (exact) mass is 613 g/mol. The number of aliphatic hydroxyl groups is 2. The van der Waals surface area contributed by atoms with Crippen LogP contribution in [0.1, 0.15) is 42.5 Å². The molecule has 13 heteroatoms. The lowest BCUT2D eigenvalue weighted by atomic mass is 9.81. The van der Waals surface area contributed by atoms with E-state index in [9.17, 15) is 45.7 Å². The number of rotatable bonds is 6. The third-order valence-corrected chi connectivity index (χ3v) is 7.83. The van der Waals surface area contributed by atoms with Gasteiger partial charge in [0.1, 0.15) is 11.6 Å². The molecule has 4 rings (SSSR count). The first-order valence-corrected chi connectivity index (χ1v) is 13.3. The molecule has 1 aliphatic rings. The largest absolute Gasteiger partial charge is 0.416 e. The molecule has 1 saturated heterocycles. The van der Waals surface area contributed by atoms with Crippen molar-refractivity contribution in [3.8, 4) is 11.1 Å². The Kier molecular flexibility index (Phi) is 8.55. The molecular formula is C30H30F7N3O3. The van der Waals surface area contributed by atoms with Crippen molar-refractivity contribution >= 4 is 17.4 Å². The zero-order valence-electron chi connectivity index (χ0n) is 23.7. The van der Waals surface area contributed by atoms with Crippen molar-refractivity contribution < 1.29 is 45.7 Å². The molecule has 2 unspecified atom stereocenters. The first kappa shape index (κ1) is 32.2. The number of benzene rings is 2. The van der Waals surface area contributed by atoms with E-state index in [1.165, 1.54) is 46.1 Å². The molecule has 0 aliphatic carbocycles. The molecule has 232 valence electrons. The van der Waals surface area contributed by atoms with E-state index < -0.39 is 58.3 Å². The van der Waals surface area contributed by atoms with Crippen LogP contribution in [0.5, 0.6) is 0 Å². The van der Waals surface area contributed by atoms with Crippen molar-refractivity contribution in [3.05, 3.63) is 76.7 Å². The number of alkyl halides is 6. The Bertz CT molecular complexity index is 1490. The summed E-state index contributed by atoms with van der Waals surface area (Å²) in [6, 6.07) is 6.40. The minimum absolute atomic E-state index is 0.00379. The summed E-state index contributed by atoms with van der Waals surface area (Å²) in [6.45, 7) is 3.82. The number of hydrogen-bond acceptors (Lipinski definition) is 5. The highest BCUT2D eigenvalue weighted by Gasteiger charge is 2.41. The Morgan fingerprint density at radius 3 is 2.14 bits per heavy atom. The first-order valence-electron chi connectivity index (χ1n) is 13.3. The quantitative estimate of drug-likeness (QED) is 0.329. The Morgan fingerprint density at radius 2 is 1.58 bits per heavy atom. The number of hydrogen-bond donors (Lipinski definition) is 2. The number of β-amino-alcohol motifs (C(OH)–C–C–N with tert-alkyl or cyclic N) is 1. The fraction of sp³-hybridized carbons (Fsp3) is 0.400. The normalized spacial score (nSPS) is 17.8. The molecule has 1 amide bonds. The number of aliphatic hydroxyl groups excluding tert-OH is 2. The Labute approximate surface area is 243 Å². The van der Waals surface area contributed by atoms with Crippen LogP contribution < -0.4 is 9.80 Å². The Balaban J connectivity index is 1.84. The zero-order valence-corrected chi connectivity index (χ0v) is 23.7. The fourth-order valence-electron chi connectivity index (χ4n) is 5.29. The highest BCUT2D eigenvalue weighted by molar-refractivity contribution is 6.03. The van der Waals surface area contributed by atoms with Crippen LogP contribution in [0.2, 0.25) is 0 Å². The number of amides is 1. The molecule has 2 N–H and O–H groups in total. The van der Waals surface area contributed by atoms with Gasteiger partial charge in [-0.15, -0.1) is 0 Å². The van der Waals surface area contributed by atoms with Crippen LogP contribution in [0.25, 0.3) is 11.1 Å². The number of carbonyl (C=O) groups is 1. The van der Waals surface area contributed by atoms with Gasteiger partial charge in [-0.25, -0.2) is 9.37 Å². The molecule has 0 saturated carbocycles. The van der Waals surface area contributed by atoms with Gasteiger partial charge in [0.05, 0.1) is 47.2 Å². The predicted molar refractivity (Wildman–Crippen MR) is 146 cm³/mol. The molecular weight excluding hydrogens is 583 g/mol. The Morgan fingerprint density at radius 1 is 1.00 bits per heavy atom. The molecule has 2 aromatic carbocycles. The molecule has 0 spiro atoms. The first-order chi connectivity index (χ1) is 19.9. The minimum atomic E-state index is -5.10. The maximum absolute atomic E-state index is 14.6. The molecule has 1 fully saturated rings. The number of likely N-dealkylation sites (N-methyl/N-ethyl adjacent to an activating group) is 1. The maximum atomic E-state index is 14.6. The van der Waals surface area contributed by atoms with Gasteiger partial charge in [-0.3, -0.25) is 4.79 Å². The van der Waals surface area contributed by atoms with Gasteiger partial charge in [-0.1, -0.05) is 12.1 Å². The van der Waals surface area contributed by atoms with Gasteiger partial charge < -0.3 is 20.0 Å². The van der Waals surface area contributed by atoms with Crippen LogP contribution in [-0.2, 0) is 22.6 Å². The number of halogens is 7. The van der Waals surface area contributed by atoms with Crippen LogP contribution >= 0.6 is 0 Å². The minimum Gasteiger partial charge on any atom is -0.394 e. The van der Waals surface area contributed by atoms with E-state index in [1.807, 2.05) is 0 Å². The molecule has 1 aromatic heterocycles. The van der Waals surface area contributed by atoms with Crippen molar-refractivity contribution in [2.45, 2.75) is 57.1 Å². The number of carbonyl (C=O) groups excluding carboxylic acids is 1. The highest BCUT2D eigenvalue weighted by atomic mass is 19.4. The second-order valence-corrected chi connectivity index (χ2v) is 11.1. The average molecular weight is 614 g/mol. The van der Waals surface area contributed by atoms with E-state index in [0.29, 0.717) is 29.1 Å². The number of anilines is 2. The van der Waals surface area contributed by atoms with Crippen molar-refractivity contribution in [2.24, 2.45) is 0 Å². The summed E-state index contributed by atoms with van der Waals surface area (Å²) in [5.41, 5.74) is -4.50. The van der Waals surface area contributed by atoms with Crippen molar-refractivity contribution in [1.82, 2.24) is 4.98 Å². The zero-order chi connectivity index (χ0) is 32.1. The molecule has 0 bridgehead atoms. The average Bonchev–Trinajstić information content (AvgIpc) is 3.32. The lowest BCUT2D eigenvalue weighted by Crippen LogP contribution is -2.42. The number of nitrogens with zero attached hydrogens (tertiary/aromatic N) is 3. The molecule has 3 aromatic rings. The van der Waals surface area contributed by atoms with Crippen LogP contribution in [0.15, 0.2) is 48.7 Å². The van der Waals surface area contributed by atoms with E-state index in [2.05, 4.69) is 4.98 Å². The van der Waals surface area contributed by atoms with Crippen LogP contribution in [0.4, 0.5) is 42.2 Å². The van der Waals surface area contributed by atoms with Gasteiger partial charge in [0.15, 0.2) is 0 Å². The summed E-state index contributed by atoms with van der Waals surface area (Å²) in [5, 5.41) is 20.0. The van der Waals surface area contributed by atoms with E-state index in [4.69, 9.17) is 0 Å². The van der Waals surface area contributed by atoms with Crippen molar-refractivity contribution in [2.75, 3.05) is 30.0 Å². The lowest BCUT2D eigenvalue weighted by Gasteiger charge is -2.32. The molecule has 0 radical (unpaired) electrons. The van der Waals surface area contributed by atoms with Crippen molar-refractivity contribution in [3.63, 3.8) is 0 Å². The standard InChI is InChI=1S/C30H30F7N3O3/c1-16-22(6-5-7-24(16)31)23-12-26(40-14-21(42)11-20(40)15-41)38-13-25(23)39(4)27(43)28(2,3)17-8-18(29(32,33)34)10-19(9-17)30(35,36)37/h5-10,12-13,20-21,41-42H,11,14-15H2,1-4H3. The summed E-state index contributed by atoms with van der Waals surface area (Å²) >= 11 is 0. The topological polar surface area (TPSA) is 76.9 Å². The SMILES string of the molecule is Cc1c(F)cccc1-c1cc(N2CC(O)CC2CO)ncc1N(C)C(=O)C(C)(C)c1cc(C(F)(F)F)cc(C(F)(F)F)c1. The van der Waals surface area contributed by atoms with Gasteiger partial charge in [0, 0.05) is 19.2 Å². The third-order valence-electron chi connectivity index (χ3n) is 7.83. The van der Waals surface area contributed by atoms with Gasteiger partial charge >= 0.3 is 12.4 Å². The number of pyridine rings is 1. The van der Waals surface area contributed by atoms with E-state index >= 15 is 0 Å². The lowest BCUT2D eigenvalue weighted by molar-refractivity contribution is -0.143. The molecule has 43 heavy (non-hydrogen) atoms. The third kappa shape index (κ3) is 6.32. The van der Waals surface area contributed by atoms with E-state index in [-0.39, 0.29) is 36.9 Å². The molecule has 1 aliphatic heterocycles. The smallest absolute Gasteiger partial charge is 0.394 e. The molecule has 2 heterocycles.